The Morgan fingerprint density at radius 1 is 1.22 bits per heavy atom. The molecule has 5 atom stereocenters. The van der Waals surface area contributed by atoms with Gasteiger partial charge in [-0.2, -0.15) is 17.0 Å². The summed E-state index contributed by atoms with van der Waals surface area (Å²) < 4.78 is 0. The van der Waals surface area contributed by atoms with Gasteiger partial charge in [0, 0.05) is 43.2 Å². The molecule has 6 heteroatoms. The van der Waals surface area contributed by atoms with E-state index in [-0.39, 0.29) is 17.5 Å². The van der Waals surface area contributed by atoms with Gasteiger partial charge in [-0.05, 0) is 62.2 Å². The highest BCUT2D eigenvalue weighted by Gasteiger charge is 2.63. The zero-order valence-corrected chi connectivity index (χ0v) is 17.1. The third-order valence-electron chi connectivity index (χ3n) is 8.12. The van der Waals surface area contributed by atoms with Gasteiger partial charge in [0.25, 0.3) is 0 Å². The molecular formula is C21H32N4OS. The molecule has 0 aromatic carbocycles. The molecule has 1 N–H and O–H groups in total. The van der Waals surface area contributed by atoms with Crippen LogP contribution in [0.5, 0.6) is 0 Å². The lowest BCUT2D eigenvalue weighted by Crippen LogP contribution is -2.53. The third-order valence-corrected chi connectivity index (χ3v) is 9.06. The molecule has 2 saturated heterocycles. The standard InChI is InChI=1S/C21H32N4OS/c22-12-18-2-1-3-25(18)19(26)13-23-21-10-16-8-17(21)11-20(9-16,14-21)15-24-4-6-27-7-5-24/h16-18,23H,1-11,13-15H2/t16?,17?,18?,20-,21?/m0/s1. The average Bonchev–Trinajstić information content (AvgIpc) is 3.29. The number of nitrogens with one attached hydrogen (secondary N) is 1. The van der Waals surface area contributed by atoms with E-state index in [4.69, 9.17) is 0 Å². The second-order valence-electron chi connectivity index (χ2n) is 9.86. The van der Waals surface area contributed by atoms with Crippen LogP contribution in [0, 0.1) is 28.6 Å². The van der Waals surface area contributed by atoms with Crippen LogP contribution in [-0.4, -0.2) is 71.5 Å². The first kappa shape index (κ1) is 18.3. The van der Waals surface area contributed by atoms with E-state index in [9.17, 15) is 10.1 Å². The number of rotatable bonds is 5. The Balaban J connectivity index is 1.24. The Hall–Kier alpha value is -0.770. The van der Waals surface area contributed by atoms with Gasteiger partial charge in [0.1, 0.15) is 6.04 Å². The molecule has 148 valence electrons. The van der Waals surface area contributed by atoms with Crippen LogP contribution < -0.4 is 5.32 Å². The smallest absolute Gasteiger partial charge is 0.237 e. The van der Waals surface area contributed by atoms with Gasteiger partial charge in [-0.25, -0.2) is 0 Å². The minimum Gasteiger partial charge on any atom is -0.326 e. The van der Waals surface area contributed by atoms with Crippen molar-refractivity contribution in [2.45, 2.75) is 56.5 Å². The Morgan fingerprint density at radius 2 is 2.07 bits per heavy atom. The third kappa shape index (κ3) is 3.20. The fourth-order valence-electron chi connectivity index (χ4n) is 7.33. The summed E-state index contributed by atoms with van der Waals surface area (Å²) >= 11 is 2.09. The molecule has 0 spiro atoms. The molecule has 4 bridgehead atoms. The van der Waals surface area contributed by atoms with E-state index in [2.05, 4.69) is 28.0 Å². The van der Waals surface area contributed by atoms with Crippen LogP contribution in [0.15, 0.2) is 0 Å². The van der Waals surface area contributed by atoms with Crippen molar-refractivity contribution in [3.63, 3.8) is 0 Å². The topological polar surface area (TPSA) is 59.4 Å². The highest BCUT2D eigenvalue weighted by molar-refractivity contribution is 7.99. The number of likely N-dealkylation sites (tertiary alicyclic amines) is 1. The monoisotopic (exact) mass is 388 g/mol. The van der Waals surface area contributed by atoms with Crippen LogP contribution in [0.1, 0.15) is 44.9 Å². The summed E-state index contributed by atoms with van der Waals surface area (Å²) in [5, 5.41) is 13.1. The van der Waals surface area contributed by atoms with Gasteiger partial charge in [-0.3, -0.25) is 4.79 Å². The second kappa shape index (κ2) is 6.93. The maximum absolute atomic E-state index is 12.7. The summed E-state index contributed by atoms with van der Waals surface area (Å²) in [6.45, 7) is 4.98. The molecule has 4 saturated carbocycles. The van der Waals surface area contributed by atoms with Gasteiger partial charge in [0.05, 0.1) is 12.6 Å². The molecule has 5 nitrogen and oxygen atoms in total. The molecule has 2 heterocycles. The van der Waals surface area contributed by atoms with Gasteiger partial charge in [-0.1, -0.05) is 0 Å². The lowest BCUT2D eigenvalue weighted by molar-refractivity contribution is -0.130. The van der Waals surface area contributed by atoms with Crippen LogP contribution in [0.2, 0.25) is 0 Å². The zero-order valence-electron chi connectivity index (χ0n) is 16.3. The van der Waals surface area contributed by atoms with Crippen molar-refractivity contribution in [1.29, 1.82) is 5.26 Å². The minimum atomic E-state index is -0.198. The summed E-state index contributed by atoms with van der Waals surface area (Å²) in [5.41, 5.74) is 0.692. The van der Waals surface area contributed by atoms with E-state index in [1.54, 1.807) is 0 Å². The summed E-state index contributed by atoms with van der Waals surface area (Å²) in [7, 11) is 0. The largest absolute Gasteiger partial charge is 0.326 e. The molecule has 6 rings (SSSR count). The van der Waals surface area contributed by atoms with Gasteiger partial charge in [0.15, 0.2) is 0 Å². The van der Waals surface area contributed by atoms with Crippen molar-refractivity contribution in [3.8, 4) is 6.07 Å². The predicted octanol–water partition coefficient (Wildman–Crippen LogP) is 2.09. The van der Waals surface area contributed by atoms with E-state index in [1.807, 2.05) is 4.90 Å². The fraction of sp³-hybridized carbons (Fsp3) is 0.905. The van der Waals surface area contributed by atoms with Crippen LogP contribution in [0.3, 0.4) is 0 Å². The Kier molecular flexibility index (Phi) is 4.69. The number of carbonyl (C=O) groups excluding carboxylic acids is 1. The summed E-state index contributed by atoms with van der Waals surface area (Å²) in [6.07, 6.45) is 8.48. The van der Waals surface area contributed by atoms with E-state index in [0.29, 0.717) is 12.0 Å². The first-order valence-electron chi connectivity index (χ1n) is 10.9. The number of hydrogen-bond acceptors (Lipinski definition) is 5. The van der Waals surface area contributed by atoms with E-state index in [1.165, 1.54) is 63.2 Å². The number of carbonyl (C=O) groups is 1. The van der Waals surface area contributed by atoms with Crippen molar-refractivity contribution in [2.75, 3.05) is 44.2 Å². The zero-order chi connectivity index (χ0) is 18.5. The molecule has 0 radical (unpaired) electrons. The summed E-state index contributed by atoms with van der Waals surface area (Å²) in [6, 6.07) is 2.11. The van der Waals surface area contributed by atoms with Crippen molar-refractivity contribution in [2.24, 2.45) is 17.3 Å². The predicted molar refractivity (Wildman–Crippen MR) is 107 cm³/mol. The number of nitrogens with zero attached hydrogens (tertiary/aromatic N) is 3. The van der Waals surface area contributed by atoms with Gasteiger partial charge in [-0.15, -0.1) is 0 Å². The number of amides is 1. The van der Waals surface area contributed by atoms with Crippen molar-refractivity contribution in [1.82, 2.24) is 15.1 Å². The molecule has 1 amide bonds. The molecule has 27 heavy (non-hydrogen) atoms. The SMILES string of the molecule is N#CC1CCCN1C(=O)CNC12CC3CC1C[C@@](CN1CCSCC1)(C3)C2. The summed E-state index contributed by atoms with van der Waals surface area (Å²) in [4.78, 5) is 17.3. The molecule has 0 aromatic heterocycles. The van der Waals surface area contributed by atoms with Crippen LogP contribution in [0.4, 0.5) is 0 Å². The molecule has 6 fully saturated rings. The Labute approximate surface area is 167 Å². The minimum absolute atomic E-state index is 0.141. The number of hydrogen-bond donors (Lipinski definition) is 1. The van der Waals surface area contributed by atoms with E-state index in [0.717, 1.165) is 31.2 Å². The molecule has 2 aliphatic heterocycles. The first-order valence-corrected chi connectivity index (χ1v) is 12.0. The summed E-state index contributed by atoms with van der Waals surface area (Å²) in [5.74, 6) is 4.33. The maximum atomic E-state index is 12.7. The second-order valence-corrected chi connectivity index (χ2v) is 11.1. The fourth-order valence-corrected chi connectivity index (χ4v) is 8.30. The first-order chi connectivity index (χ1) is 13.1. The highest BCUT2D eigenvalue weighted by Crippen LogP contribution is 2.66. The van der Waals surface area contributed by atoms with Gasteiger partial charge < -0.3 is 15.1 Å². The normalized spacial score (nSPS) is 43.4. The molecule has 0 aromatic rings. The highest BCUT2D eigenvalue weighted by atomic mass is 32.2. The molecule has 6 aliphatic rings. The van der Waals surface area contributed by atoms with Crippen LogP contribution >= 0.6 is 11.8 Å². The number of thioether (sulfide) groups is 1. The number of nitriles is 1. The molecular weight excluding hydrogens is 356 g/mol. The quantitative estimate of drug-likeness (QED) is 0.781. The van der Waals surface area contributed by atoms with Crippen LogP contribution in [0.25, 0.3) is 0 Å². The van der Waals surface area contributed by atoms with E-state index < -0.39 is 0 Å². The van der Waals surface area contributed by atoms with Crippen molar-refractivity contribution in [3.05, 3.63) is 0 Å². The van der Waals surface area contributed by atoms with Crippen molar-refractivity contribution < 1.29 is 4.79 Å². The van der Waals surface area contributed by atoms with E-state index >= 15 is 0 Å². The maximum Gasteiger partial charge on any atom is 0.237 e. The lowest BCUT2D eigenvalue weighted by Gasteiger charge is -2.44. The molecule has 4 unspecified atom stereocenters. The average molecular weight is 389 g/mol. The molecule has 4 aliphatic carbocycles. The van der Waals surface area contributed by atoms with Gasteiger partial charge in [0.2, 0.25) is 5.91 Å². The Morgan fingerprint density at radius 3 is 2.89 bits per heavy atom. The van der Waals surface area contributed by atoms with Crippen LogP contribution in [-0.2, 0) is 4.79 Å². The lowest BCUT2D eigenvalue weighted by atomic mass is 9.68. The van der Waals surface area contributed by atoms with Crippen molar-refractivity contribution >= 4 is 17.7 Å². The Bertz CT molecular complexity index is 645. The van der Waals surface area contributed by atoms with Gasteiger partial charge >= 0.3 is 0 Å².